The molecule has 102 valence electrons. The maximum atomic E-state index is 5.63. The first kappa shape index (κ1) is 13.1. The summed E-state index contributed by atoms with van der Waals surface area (Å²) in [5.74, 6) is 0.786. The quantitative estimate of drug-likeness (QED) is 0.848. The number of aromatic nitrogens is 1. The Bertz CT molecular complexity index is 652. The van der Waals surface area contributed by atoms with Gasteiger partial charge < -0.3 is 11.1 Å². The van der Waals surface area contributed by atoms with E-state index in [2.05, 4.69) is 28.5 Å². The van der Waals surface area contributed by atoms with Crippen molar-refractivity contribution < 1.29 is 0 Å². The van der Waals surface area contributed by atoms with E-state index in [1.807, 2.05) is 18.2 Å². The van der Waals surface area contributed by atoms with Crippen molar-refractivity contribution in [1.29, 1.82) is 0 Å². The molecule has 0 amide bonds. The van der Waals surface area contributed by atoms with E-state index in [1.54, 1.807) is 0 Å². The SMILES string of the molecule is NC(=S)c1cccc(Nc2cccc3c2CCCC3)n1. The number of pyridine rings is 1. The third kappa shape index (κ3) is 2.65. The molecule has 0 radical (unpaired) electrons. The Morgan fingerprint density at radius 2 is 1.90 bits per heavy atom. The van der Waals surface area contributed by atoms with Gasteiger partial charge in [0.05, 0.1) is 5.69 Å². The average Bonchev–Trinajstić information content (AvgIpc) is 2.48. The molecule has 1 heterocycles. The molecule has 1 aliphatic rings. The van der Waals surface area contributed by atoms with Gasteiger partial charge in [0, 0.05) is 5.69 Å². The summed E-state index contributed by atoms with van der Waals surface area (Å²) in [6.07, 6.45) is 4.84. The number of benzene rings is 1. The molecule has 1 aromatic carbocycles. The van der Waals surface area contributed by atoms with Crippen LogP contribution in [0.15, 0.2) is 36.4 Å². The standard InChI is InChI=1S/C16H17N3S/c17-16(20)14-9-4-10-15(19-14)18-13-8-3-6-11-5-1-2-7-12(11)13/h3-4,6,8-10H,1-2,5,7H2,(H2,17,20)(H,18,19). The summed E-state index contributed by atoms with van der Waals surface area (Å²) in [7, 11) is 0. The van der Waals surface area contributed by atoms with Crippen LogP contribution in [0.25, 0.3) is 0 Å². The molecule has 0 saturated carbocycles. The molecular weight excluding hydrogens is 266 g/mol. The molecule has 0 saturated heterocycles. The number of aryl methyl sites for hydroxylation is 1. The smallest absolute Gasteiger partial charge is 0.131 e. The van der Waals surface area contributed by atoms with Crippen LogP contribution >= 0.6 is 12.2 Å². The van der Waals surface area contributed by atoms with Crippen LogP contribution in [0.3, 0.4) is 0 Å². The first-order chi connectivity index (χ1) is 9.74. The summed E-state index contributed by atoms with van der Waals surface area (Å²) in [6, 6.07) is 12.1. The summed E-state index contributed by atoms with van der Waals surface area (Å²) in [5.41, 5.74) is 10.3. The number of nitrogens with zero attached hydrogens (tertiary/aromatic N) is 1. The Morgan fingerprint density at radius 3 is 2.75 bits per heavy atom. The number of hydrogen-bond donors (Lipinski definition) is 2. The first-order valence-corrected chi connectivity index (χ1v) is 7.29. The van der Waals surface area contributed by atoms with E-state index in [4.69, 9.17) is 18.0 Å². The third-order valence-electron chi connectivity index (χ3n) is 3.66. The fourth-order valence-corrected chi connectivity index (χ4v) is 2.79. The summed E-state index contributed by atoms with van der Waals surface area (Å²) in [5, 5.41) is 3.40. The molecule has 0 spiro atoms. The topological polar surface area (TPSA) is 50.9 Å². The first-order valence-electron chi connectivity index (χ1n) is 6.89. The van der Waals surface area contributed by atoms with Crippen LogP contribution in [-0.2, 0) is 12.8 Å². The fraction of sp³-hybridized carbons (Fsp3) is 0.250. The summed E-state index contributed by atoms with van der Waals surface area (Å²) in [6.45, 7) is 0. The lowest BCUT2D eigenvalue weighted by Crippen LogP contribution is -2.12. The second-order valence-corrected chi connectivity index (χ2v) is 5.49. The molecule has 0 fully saturated rings. The Balaban J connectivity index is 1.91. The van der Waals surface area contributed by atoms with Crippen molar-refractivity contribution in [3.8, 4) is 0 Å². The number of hydrogen-bond acceptors (Lipinski definition) is 3. The number of rotatable bonds is 3. The zero-order valence-electron chi connectivity index (χ0n) is 11.2. The van der Waals surface area contributed by atoms with Gasteiger partial charge in [-0.15, -0.1) is 0 Å². The van der Waals surface area contributed by atoms with Gasteiger partial charge in [-0.05, 0) is 55.0 Å². The molecular formula is C16H17N3S. The maximum Gasteiger partial charge on any atom is 0.131 e. The van der Waals surface area contributed by atoms with Crippen LogP contribution < -0.4 is 11.1 Å². The number of thiocarbonyl (C=S) groups is 1. The highest BCUT2D eigenvalue weighted by atomic mass is 32.1. The zero-order chi connectivity index (χ0) is 13.9. The summed E-state index contributed by atoms with van der Waals surface area (Å²) < 4.78 is 0. The highest BCUT2D eigenvalue weighted by Crippen LogP contribution is 2.29. The molecule has 0 atom stereocenters. The van der Waals surface area contributed by atoms with E-state index < -0.39 is 0 Å². The van der Waals surface area contributed by atoms with Gasteiger partial charge in [0.2, 0.25) is 0 Å². The minimum Gasteiger partial charge on any atom is -0.388 e. The molecule has 0 unspecified atom stereocenters. The number of nitrogens with one attached hydrogen (secondary N) is 1. The lowest BCUT2D eigenvalue weighted by Gasteiger charge is -2.20. The van der Waals surface area contributed by atoms with Crippen molar-refractivity contribution in [3.05, 3.63) is 53.2 Å². The number of nitrogens with two attached hydrogens (primary N) is 1. The van der Waals surface area contributed by atoms with E-state index in [0.29, 0.717) is 10.7 Å². The number of anilines is 2. The second kappa shape index (κ2) is 5.59. The maximum absolute atomic E-state index is 5.63. The van der Waals surface area contributed by atoms with Crippen LogP contribution in [0.4, 0.5) is 11.5 Å². The van der Waals surface area contributed by atoms with Gasteiger partial charge in [-0.25, -0.2) is 4.98 Å². The third-order valence-corrected chi connectivity index (χ3v) is 3.87. The van der Waals surface area contributed by atoms with Crippen molar-refractivity contribution >= 4 is 28.7 Å². The molecule has 4 heteroatoms. The van der Waals surface area contributed by atoms with Crippen LogP contribution in [-0.4, -0.2) is 9.97 Å². The molecule has 1 aliphatic carbocycles. The van der Waals surface area contributed by atoms with Crippen molar-refractivity contribution in [1.82, 2.24) is 4.98 Å². The van der Waals surface area contributed by atoms with Crippen molar-refractivity contribution in [2.75, 3.05) is 5.32 Å². The average molecular weight is 283 g/mol. The molecule has 3 N–H and O–H groups in total. The Morgan fingerprint density at radius 1 is 1.10 bits per heavy atom. The van der Waals surface area contributed by atoms with Gasteiger partial charge in [0.25, 0.3) is 0 Å². The van der Waals surface area contributed by atoms with E-state index in [0.717, 1.165) is 17.9 Å². The summed E-state index contributed by atoms with van der Waals surface area (Å²) >= 11 is 4.97. The van der Waals surface area contributed by atoms with Crippen molar-refractivity contribution in [2.24, 2.45) is 5.73 Å². The predicted octanol–water partition coefficient (Wildman–Crippen LogP) is 3.34. The Kier molecular flexibility index (Phi) is 3.65. The van der Waals surface area contributed by atoms with Crippen LogP contribution in [0, 0.1) is 0 Å². The minimum atomic E-state index is 0.323. The Hall–Kier alpha value is -1.94. The van der Waals surface area contributed by atoms with Gasteiger partial charge in [-0.2, -0.15) is 0 Å². The monoisotopic (exact) mass is 283 g/mol. The van der Waals surface area contributed by atoms with Gasteiger partial charge in [-0.3, -0.25) is 0 Å². The van der Waals surface area contributed by atoms with Crippen LogP contribution in [0.1, 0.15) is 29.7 Å². The molecule has 1 aromatic heterocycles. The normalized spacial score (nSPS) is 13.6. The van der Waals surface area contributed by atoms with E-state index in [9.17, 15) is 0 Å². The molecule has 0 bridgehead atoms. The van der Waals surface area contributed by atoms with E-state index in [-0.39, 0.29) is 0 Å². The molecule has 3 nitrogen and oxygen atoms in total. The van der Waals surface area contributed by atoms with Crippen molar-refractivity contribution in [2.45, 2.75) is 25.7 Å². The molecule has 2 aromatic rings. The lowest BCUT2D eigenvalue weighted by molar-refractivity contribution is 0.687. The van der Waals surface area contributed by atoms with Crippen LogP contribution in [0.5, 0.6) is 0 Å². The highest BCUT2D eigenvalue weighted by molar-refractivity contribution is 7.80. The fourth-order valence-electron chi connectivity index (χ4n) is 2.68. The van der Waals surface area contributed by atoms with E-state index in [1.165, 1.54) is 30.4 Å². The van der Waals surface area contributed by atoms with Gasteiger partial charge in [0.15, 0.2) is 0 Å². The van der Waals surface area contributed by atoms with Gasteiger partial charge >= 0.3 is 0 Å². The zero-order valence-corrected chi connectivity index (χ0v) is 12.0. The second-order valence-electron chi connectivity index (χ2n) is 5.05. The summed E-state index contributed by atoms with van der Waals surface area (Å²) in [4.78, 5) is 4.76. The molecule has 3 rings (SSSR count). The van der Waals surface area contributed by atoms with Gasteiger partial charge in [-0.1, -0.05) is 30.4 Å². The van der Waals surface area contributed by atoms with E-state index >= 15 is 0 Å². The van der Waals surface area contributed by atoms with Crippen LogP contribution in [0.2, 0.25) is 0 Å². The van der Waals surface area contributed by atoms with Gasteiger partial charge in [0.1, 0.15) is 10.8 Å². The van der Waals surface area contributed by atoms with Crippen molar-refractivity contribution in [3.63, 3.8) is 0 Å². The largest absolute Gasteiger partial charge is 0.388 e. The predicted molar refractivity (Wildman–Crippen MR) is 86.5 cm³/mol. The molecule has 0 aliphatic heterocycles. The highest BCUT2D eigenvalue weighted by Gasteiger charge is 2.13. The number of fused-ring (bicyclic) bond motifs is 1. The minimum absolute atomic E-state index is 0.323. The molecule has 20 heavy (non-hydrogen) atoms. The Labute approximate surface area is 124 Å². The lowest BCUT2D eigenvalue weighted by atomic mass is 9.90.